The summed E-state index contributed by atoms with van der Waals surface area (Å²) in [6.07, 6.45) is 1.16. The Morgan fingerprint density at radius 3 is 2.38 bits per heavy atom. The molecule has 0 unspecified atom stereocenters. The van der Waals surface area contributed by atoms with Gasteiger partial charge in [0.2, 0.25) is 0 Å². The average molecular weight is 334 g/mol. The molecule has 8 nitrogen and oxygen atoms in total. The van der Waals surface area contributed by atoms with E-state index >= 15 is 0 Å². The van der Waals surface area contributed by atoms with E-state index in [-0.39, 0.29) is 11.5 Å². The molecule has 0 aliphatic carbocycles. The highest BCUT2D eigenvalue weighted by Gasteiger charge is 2.38. The number of nitrogens with one attached hydrogen (secondary N) is 2. The fourth-order valence-electron chi connectivity index (χ4n) is 2.03. The van der Waals surface area contributed by atoms with E-state index in [2.05, 4.69) is 10.6 Å². The van der Waals surface area contributed by atoms with Crippen LogP contribution in [0, 0.1) is 0 Å². The van der Waals surface area contributed by atoms with Crippen LogP contribution >= 0.6 is 0 Å². The van der Waals surface area contributed by atoms with Crippen LogP contribution in [0.15, 0.2) is 30.0 Å². The van der Waals surface area contributed by atoms with Crippen LogP contribution in [0.4, 0.5) is 5.69 Å². The zero-order valence-electron chi connectivity index (χ0n) is 13.8. The normalized spacial score (nSPS) is 15.9. The molecule has 0 spiro atoms. The molecular formula is C16H18N2O6. The summed E-state index contributed by atoms with van der Waals surface area (Å²) in [4.78, 5) is 35.5. The minimum Gasteiger partial charge on any atom is -0.495 e. The first kappa shape index (κ1) is 17.3. The molecule has 8 heteroatoms. The van der Waals surface area contributed by atoms with Gasteiger partial charge in [-0.3, -0.25) is 4.79 Å². The number of amides is 1. The molecule has 1 aromatic rings. The first-order valence-corrected chi connectivity index (χ1v) is 7.11. The van der Waals surface area contributed by atoms with Gasteiger partial charge in [-0.15, -0.1) is 0 Å². The Morgan fingerprint density at radius 1 is 1.21 bits per heavy atom. The maximum Gasteiger partial charge on any atom is 0.350 e. The number of methoxy groups -OCH3 is 1. The molecule has 2 rings (SSSR count). The van der Waals surface area contributed by atoms with Crippen molar-refractivity contribution in [3.8, 4) is 5.75 Å². The van der Waals surface area contributed by atoms with Gasteiger partial charge in [0.25, 0.3) is 11.7 Å². The van der Waals surface area contributed by atoms with E-state index in [1.807, 2.05) is 0 Å². The highest BCUT2D eigenvalue weighted by molar-refractivity contribution is 6.15. The monoisotopic (exact) mass is 334 g/mol. The van der Waals surface area contributed by atoms with Crippen molar-refractivity contribution >= 4 is 23.5 Å². The lowest BCUT2D eigenvalue weighted by Gasteiger charge is -2.29. The van der Waals surface area contributed by atoms with Gasteiger partial charge in [0.05, 0.1) is 12.8 Å². The first-order valence-electron chi connectivity index (χ1n) is 7.11. The maximum absolute atomic E-state index is 11.9. The predicted octanol–water partition coefficient (Wildman–Crippen LogP) is 1.19. The number of cyclic esters (lactones) is 2. The van der Waals surface area contributed by atoms with Crippen molar-refractivity contribution in [2.75, 3.05) is 19.5 Å². The fourth-order valence-corrected chi connectivity index (χ4v) is 2.03. The van der Waals surface area contributed by atoms with Gasteiger partial charge in [0, 0.05) is 32.7 Å². The molecule has 1 fully saturated rings. The Kier molecular flexibility index (Phi) is 4.77. The Hall–Kier alpha value is -3.03. The minimum atomic E-state index is -1.30. The maximum atomic E-state index is 11.9. The Bertz CT molecular complexity index is 701. The molecule has 128 valence electrons. The third-order valence-corrected chi connectivity index (χ3v) is 3.18. The van der Waals surface area contributed by atoms with Crippen LogP contribution in [-0.2, 0) is 19.1 Å². The quantitative estimate of drug-likeness (QED) is 0.484. The lowest BCUT2D eigenvalue weighted by molar-refractivity contribution is -0.222. The Morgan fingerprint density at radius 2 is 1.83 bits per heavy atom. The molecule has 24 heavy (non-hydrogen) atoms. The zero-order valence-corrected chi connectivity index (χ0v) is 13.8. The van der Waals surface area contributed by atoms with Gasteiger partial charge in [-0.05, 0) is 18.2 Å². The number of esters is 2. The van der Waals surface area contributed by atoms with Gasteiger partial charge in [-0.1, -0.05) is 0 Å². The number of benzene rings is 1. The summed E-state index contributed by atoms with van der Waals surface area (Å²) in [5, 5.41) is 5.28. The average Bonchev–Trinajstić information content (AvgIpc) is 2.52. The molecule has 1 aliphatic heterocycles. The molecule has 1 saturated heterocycles. The highest BCUT2D eigenvalue weighted by Crippen LogP contribution is 2.27. The van der Waals surface area contributed by atoms with E-state index in [0.717, 1.165) is 6.20 Å². The fraction of sp³-hybridized carbons (Fsp3) is 0.312. The van der Waals surface area contributed by atoms with E-state index in [4.69, 9.17) is 14.2 Å². The summed E-state index contributed by atoms with van der Waals surface area (Å²) in [6, 6.07) is 4.70. The molecule has 1 aromatic carbocycles. The molecule has 0 saturated carbocycles. The second-order valence-electron chi connectivity index (χ2n) is 5.38. The summed E-state index contributed by atoms with van der Waals surface area (Å²) >= 11 is 0. The van der Waals surface area contributed by atoms with Crippen LogP contribution in [-0.4, -0.2) is 37.8 Å². The third kappa shape index (κ3) is 3.65. The van der Waals surface area contributed by atoms with E-state index in [1.165, 1.54) is 34.1 Å². The first-order chi connectivity index (χ1) is 11.3. The highest BCUT2D eigenvalue weighted by atomic mass is 16.7. The van der Waals surface area contributed by atoms with Gasteiger partial charge in [-0.25, -0.2) is 9.59 Å². The molecule has 2 N–H and O–H groups in total. The van der Waals surface area contributed by atoms with Gasteiger partial charge in [-0.2, -0.15) is 0 Å². The van der Waals surface area contributed by atoms with Gasteiger partial charge in [0.1, 0.15) is 5.75 Å². The number of carbonyl (C=O) groups excluding carboxylic acids is 3. The third-order valence-electron chi connectivity index (χ3n) is 3.18. The summed E-state index contributed by atoms with van der Waals surface area (Å²) < 4.78 is 15.2. The Balaban J connectivity index is 2.29. The number of hydrogen-bond donors (Lipinski definition) is 2. The molecular weight excluding hydrogens is 316 g/mol. The number of carbonyl (C=O) groups is 3. The van der Waals surface area contributed by atoms with Crippen molar-refractivity contribution in [2.45, 2.75) is 19.6 Å². The van der Waals surface area contributed by atoms with E-state index < -0.39 is 17.7 Å². The molecule has 0 bridgehead atoms. The van der Waals surface area contributed by atoms with Gasteiger partial charge in [0.15, 0.2) is 5.57 Å². The largest absolute Gasteiger partial charge is 0.495 e. The smallest absolute Gasteiger partial charge is 0.350 e. The number of anilines is 1. The van der Waals surface area contributed by atoms with Gasteiger partial charge >= 0.3 is 11.9 Å². The minimum absolute atomic E-state index is 0.286. The van der Waals surface area contributed by atoms with Crippen molar-refractivity contribution in [3.63, 3.8) is 0 Å². The SMILES string of the molecule is CNC(=O)c1ccc(OC)c(NC=C2C(=O)OC(C)(C)OC2=O)c1. The summed E-state index contributed by atoms with van der Waals surface area (Å²) in [5.74, 6) is -2.76. The van der Waals surface area contributed by atoms with Crippen molar-refractivity contribution in [3.05, 3.63) is 35.5 Å². The molecule has 0 radical (unpaired) electrons. The van der Waals surface area contributed by atoms with E-state index in [9.17, 15) is 14.4 Å². The van der Waals surface area contributed by atoms with Crippen LogP contribution in [0.1, 0.15) is 24.2 Å². The van der Waals surface area contributed by atoms with Crippen LogP contribution in [0.5, 0.6) is 5.75 Å². The molecule has 1 heterocycles. The van der Waals surface area contributed by atoms with Crippen LogP contribution in [0.25, 0.3) is 0 Å². The summed E-state index contributed by atoms with van der Waals surface area (Å²) in [5.41, 5.74) is 0.493. The van der Waals surface area contributed by atoms with Crippen molar-refractivity contribution in [2.24, 2.45) is 0 Å². The van der Waals surface area contributed by atoms with Crippen LogP contribution < -0.4 is 15.4 Å². The number of hydrogen-bond acceptors (Lipinski definition) is 7. The number of ether oxygens (including phenoxy) is 3. The van der Waals surface area contributed by atoms with Crippen LogP contribution in [0.2, 0.25) is 0 Å². The molecule has 0 aromatic heterocycles. The molecule has 1 amide bonds. The predicted molar refractivity (Wildman–Crippen MR) is 84.4 cm³/mol. The standard InChI is InChI=1S/C16H18N2O6/c1-16(2)23-14(20)10(15(21)24-16)8-18-11-7-9(13(19)17-3)5-6-12(11)22-4/h5-8,18H,1-4H3,(H,17,19). The van der Waals surface area contributed by atoms with E-state index in [0.29, 0.717) is 17.0 Å². The molecule has 0 atom stereocenters. The molecule has 1 aliphatic rings. The lowest BCUT2D eigenvalue weighted by atomic mass is 10.1. The van der Waals surface area contributed by atoms with Crippen molar-refractivity contribution in [1.29, 1.82) is 0 Å². The van der Waals surface area contributed by atoms with Crippen molar-refractivity contribution < 1.29 is 28.6 Å². The second-order valence-corrected chi connectivity index (χ2v) is 5.38. The van der Waals surface area contributed by atoms with Gasteiger partial charge < -0.3 is 24.8 Å². The van der Waals surface area contributed by atoms with Crippen molar-refractivity contribution in [1.82, 2.24) is 5.32 Å². The van der Waals surface area contributed by atoms with E-state index in [1.54, 1.807) is 12.1 Å². The summed E-state index contributed by atoms with van der Waals surface area (Å²) in [7, 11) is 2.97. The Labute approximate surface area is 138 Å². The zero-order chi connectivity index (χ0) is 17.9. The second kappa shape index (κ2) is 6.61. The number of rotatable bonds is 4. The summed E-state index contributed by atoms with van der Waals surface area (Å²) in [6.45, 7) is 2.92. The topological polar surface area (TPSA) is 103 Å². The van der Waals surface area contributed by atoms with Crippen LogP contribution in [0.3, 0.4) is 0 Å². The lowest BCUT2D eigenvalue weighted by Crippen LogP contribution is -2.42.